The fourth-order valence-corrected chi connectivity index (χ4v) is 5.42. The molecule has 2 N–H and O–H groups in total. The van der Waals surface area contributed by atoms with E-state index in [9.17, 15) is 23.5 Å². The summed E-state index contributed by atoms with van der Waals surface area (Å²) in [5.74, 6) is -5.60. The van der Waals surface area contributed by atoms with Crippen molar-refractivity contribution in [2.75, 3.05) is 6.54 Å². The highest BCUT2D eigenvalue weighted by molar-refractivity contribution is 7.13. The van der Waals surface area contributed by atoms with Crippen molar-refractivity contribution in [1.29, 1.82) is 0 Å². The van der Waals surface area contributed by atoms with Crippen LogP contribution in [0.25, 0.3) is 0 Å². The second-order valence-electron chi connectivity index (χ2n) is 9.59. The lowest BCUT2D eigenvalue weighted by Gasteiger charge is -2.22. The lowest BCUT2D eigenvalue weighted by atomic mass is 9.95. The average Bonchev–Trinajstić information content (AvgIpc) is 3.41. The second kappa shape index (κ2) is 13.1. The molecule has 3 rings (SSSR count). The largest absolute Gasteiger partial charge is 0.477 e. The predicted molar refractivity (Wildman–Crippen MR) is 138 cm³/mol. The number of hydrogen-bond acceptors (Lipinski definition) is 4. The zero-order valence-corrected chi connectivity index (χ0v) is 21.4. The first kappa shape index (κ1) is 28.0. The summed E-state index contributed by atoms with van der Waals surface area (Å²) < 4.78 is 28.3. The van der Waals surface area contributed by atoms with Gasteiger partial charge in [-0.1, -0.05) is 62.2 Å². The molecule has 36 heavy (non-hydrogen) atoms. The fourth-order valence-electron chi connectivity index (χ4n) is 4.53. The van der Waals surface area contributed by atoms with E-state index >= 15 is 0 Å². The summed E-state index contributed by atoms with van der Waals surface area (Å²) >= 11 is 1.15. The number of aryl methyl sites for hydroxylation is 2. The molecule has 2 heterocycles. The third-order valence-corrected chi connectivity index (χ3v) is 7.85. The van der Waals surface area contributed by atoms with Crippen molar-refractivity contribution in [2.24, 2.45) is 5.92 Å². The number of likely N-dealkylation sites (tertiary alicyclic amines) is 1. The minimum atomic E-state index is -3.41. The second-order valence-corrected chi connectivity index (χ2v) is 10.8. The topological polar surface area (TPSA) is 77.8 Å². The third-order valence-electron chi connectivity index (χ3n) is 6.72. The maximum absolute atomic E-state index is 14.2. The van der Waals surface area contributed by atoms with Gasteiger partial charge in [0.05, 0.1) is 12.1 Å². The van der Waals surface area contributed by atoms with Crippen LogP contribution >= 0.6 is 11.3 Å². The first-order valence-corrected chi connectivity index (χ1v) is 13.4. The van der Waals surface area contributed by atoms with E-state index in [-0.39, 0.29) is 17.3 Å². The average molecular weight is 520 g/mol. The first-order chi connectivity index (χ1) is 17.2. The third kappa shape index (κ3) is 7.96. The Hall–Kier alpha value is -2.58. The molecule has 1 aliphatic rings. The number of carbonyl (C=O) groups is 2. The van der Waals surface area contributed by atoms with Gasteiger partial charge in [-0.15, -0.1) is 11.3 Å². The van der Waals surface area contributed by atoms with Crippen molar-refractivity contribution in [1.82, 2.24) is 4.90 Å². The number of halogens is 2. The molecule has 1 unspecified atom stereocenters. The minimum Gasteiger partial charge on any atom is -0.477 e. The van der Waals surface area contributed by atoms with Gasteiger partial charge in [-0.2, -0.15) is 8.78 Å². The number of alkyl halides is 2. The molecular formula is C28H35F2NO4S. The number of rotatable bonds is 14. The van der Waals surface area contributed by atoms with Crippen molar-refractivity contribution in [3.8, 4) is 0 Å². The molecule has 0 bridgehead atoms. The summed E-state index contributed by atoms with van der Waals surface area (Å²) in [5, 5.41) is 19.6. The zero-order chi connectivity index (χ0) is 26.1. The fraction of sp³-hybridized carbons (Fsp3) is 0.500. The molecule has 0 saturated carbocycles. The Kier molecular flexibility index (Phi) is 10.2. The van der Waals surface area contributed by atoms with Gasteiger partial charge < -0.3 is 15.1 Å². The number of carboxylic acids is 1. The Morgan fingerprint density at radius 3 is 2.58 bits per heavy atom. The standard InChI is InChI=1S/C28H35F2NO4S/c1-20(9-4-2-5-10-21-11-6-3-7-12-21)24(32)16-14-22-19-28(29,30)27(35)31(22)18-8-13-23-15-17-25(36-23)26(33)34/h3,6-7,11-12,14-17,20,22,24,32H,2,4-5,8-10,13,18-19H2,1H3,(H,33,34)/b16-14+/t20-,22?,24+/m0/s1. The van der Waals surface area contributed by atoms with Crippen molar-refractivity contribution in [3.63, 3.8) is 0 Å². The molecule has 1 aromatic heterocycles. The quantitative estimate of drug-likeness (QED) is 0.238. The van der Waals surface area contributed by atoms with E-state index in [0.717, 1.165) is 48.3 Å². The Morgan fingerprint density at radius 2 is 1.89 bits per heavy atom. The Labute approximate surface area is 215 Å². The van der Waals surface area contributed by atoms with E-state index in [1.165, 1.54) is 16.5 Å². The van der Waals surface area contributed by atoms with Crippen molar-refractivity contribution >= 4 is 23.2 Å². The Morgan fingerprint density at radius 1 is 1.14 bits per heavy atom. The van der Waals surface area contributed by atoms with Crippen molar-refractivity contribution in [2.45, 2.75) is 76.4 Å². The van der Waals surface area contributed by atoms with Gasteiger partial charge in [-0.3, -0.25) is 4.79 Å². The van der Waals surface area contributed by atoms with Crippen LogP contribution in [0.5, 0.6) is 0 Å². The van der Waals surface area contributed by atoms with Crippen LogP contribution in [0.3, 0.4) is 0 Å². The highest BCUT2D eigenvalue weighted by Crippen LogP contribution is 2.34. The molecule has 1 fully saturated rings. The molecule has 0 spiro atoms. The molecule has 1 aromatic carbocycles. The SMILES string of the molecule is C[C@@H](CCCCCc1ccccc1)[C@H](O)/C=C/C1CC(F)(F)C(=O)N1CCCc1ccc(C(=O)O)s1. The monoisotopic (exact) mass is 519 g/mol. The first-order valence-electron chi connectivity index (χ1n) is 12.6. The van der Waals surface area contributed by atoms with Crippen LogP contribution < -0.4 is 0 Å². The van der Waals surface area contributed by atoms with Crippen LogP contribution in [-0.4, -0.2) is 51.6 Å². The molecule has 5 nitrogen and oxygen atoms in total. The maximum atomic E-state index is 14.2. The van der Waals surface area contributed by atoms with E-state index in [1.807, 2.05) is 25.1 Å². The van der Waals surface area contributed by atoms with Crippen LogP contribution in [0, 0.1) is 5.92 Å². The molecule has 1 saturated heterocycles. The number of thiophene rings is 1. The van der Waals surface area contributed by atoms with Crippen LogP contribution in [-0.2, 0) is 17.6 Å². The van der Waals surface area contributed by atoms with Crippen molar-refractivity contribution in [3.05, 3.63) is 69.9 Å². The lowest BCUT2D eigenvalue weighted by molar-refractivity contribution is -0.148. The highest BCUT2D eigenvalue weighted by atomic mass is 32.1. The molecule has 1 aliphatic heterocycles. The van der Waals surface area contributed by atoms with E-state index in [2.05, 4.69) is 12.1 Å². The predicted octanol–water partition coefficient (Wildman–Crippen LogP) is 5.97. The number of aliphatic hydroxyl groups is 1. The summed E-state index contributed by atoms with van der Waals surface area (Å²) in [4.78, 5) is 25.5. The summed E-state index contributed by atoms with van der Waals surface area (Å²) in [6.07, 6.45) is 7.70. The van der Waals surface area contributed by atoms with E-state index in [0.29, 0.717) is 12.8 Å². The number of carboxylic acid groups (broad SMARTS) is 1. The molecule has 1 amide bonds. The van der Waals surface area contributed by atoms with Crippen LogP contribution in [0.15, 0.2) is 54.6 Å². The number of hydrogen-bond donors (Lipinski definition) is 2. The zero-order valence-electron chi connectivity index (χ0n) is 20.6. The Balaban J connectivity index is 1.44. The number of amides is 1. The molecular weight excluding hydrogens is 484 g/mol. The normalized spacial score (nSPS) is 19.2. The number of carbonyl (C=O) groups excluding carboxylic acids is 1. The summed E-state index contributed by atoms with van der Waals surface area (Å²) in [6, 6.07) is 12.8. The number of aromatic carboxylic acids is 1. The summed E-state index contributed by atoms with van der Waals surface area (Å²) in [5.41, 5.74) is 1.32. The molecule has 3 atom stereocenters. The number of unbranched alkanes of at least 4 members (excludes halogenated alkanes) is 2. The van der Waals surface area contributed by atoms with Gasteiger partial charge in [-0.25, -0.2) is 4.79 Å². The van der Waals surface area contributed by atoms with Crippen LogP contribution in [0.2, 0.25) is 0 Å². The van der Waals surface area contributed by atoms with Gasteiger partial charge >= 0.3 is 11.9 Å². The molecule has 0 radical (unpaired) electrons. The van der Waals surface area contributed by atoms with E-state index in [4.69, 9.17) is 5.11 Å². The molecule has 2 aromatic rings. The van der Waals surface area contributed by atoms with Crippen LogP contribution in [0.4, 0.5) is 8.78 Å². The Bertz CT molecular complexity index is 1020. The van der Waals surface area contributed by atoms with Gasteiger partial charge in [0, 0.05) is 17.8 Å². The lowest BCUT2D eigenvalue weighted by Crippen LogP contribution is -2.36. The number of nitrogens with zero attached hydrogens (tertiary/aromatic N) is 1. The molecule has 196 valence electrons. The minimum absolute atomic E-state index is 0.00806. The summed E-state index contributed by atoms with van der Waals surface area (Å²) in [6.45, 7) is 2.10. The smallest absolute Gasteiger partial charge is 0.345 e. The molecule has 8 heteroatoms. The van der Waals surface area contributed by atoms with Gasteiger partial charge in [0.25, 0.3) is 5.91 Å². The van der Waals surface area contributed by atoms with Crippen LogP contribution in [0.1, 0.15) is 65.6 Å². The van der Waals surface area contributed by atoms with Crippen molar-refractivity contribution < 1.29 is 28.6 Å². The number of benzene rings is 1. The van der Waals surface area contributed by atoms with E-state index < -0.39 is 36.4 Å². The van der Waals surface area contributed by atoms with Gasteiger partial charge in [-0.05, 0) is 55.7 Å². The van der Waals surface area contributed by atoms with Gasteiger partial charge in [0.1, 0.15) is 4.88 Å². The highest BCUT2D eigenvalue weighted by Gasteiger charge is 2.52. The van der Waals surface area contributed by atoms with Gasteiger partial charge in [0.2, 0.25) is 0 Å². The number of aliphatic hydroxyl groups excluding tert-OH is 1. The summed E-state index contributed by atoms with van der Waals surface area (Å²) in [7, 11) is 0. The maximum Gasteiger partial charge on any atom is 0.345 e. The van der Waals surface area contributed by atoms with Gasteiger partial charge in [0.15, 0.2) is 0 Å². The van der Waals surface area contributed by atoms with E-state index in [1.54, 1.807) is 18.2 Å². The molecule has 0 aliphatic carbocycles.